The van der Waals surface area contributed by atoms with Crippen molar-refractivity contribution in [3.05, 3.63) is 18.2 Å². The number of benzene rings is 1. The van der Waals surface area contributed by atoms with Crippen LogP contribution in [0, 0.1) is 0 Å². The molecule has 1 aromatic carbocycles. The summed E-state index contributed by atoms with van der Waals surface area (Å²) in [6.45, 7) is 1.20. The Morgan fingerprint density at radius 3 is 2.72 bits per heavy atom. The Balaban J connectivity index is 2.37. The molecule has 1 fully saturated rings. The Bertz CT molecular complexity index is 544. The maximum atomic E-state index is 11.3. The van der Waals surface area contributed by atoms with Gasteiger partial charge in [0.1, 0.15) is 0 Å². The summed E-state index contributed by atoms with van der Waals surface area (Å²) in [5.74, 6) is 0. The monoisotopic (exact) mass is 271 g/mol. The molecular weight excluding hydrogens is 254 g/mol. The number of hydrogen-bond acceptors (Lipinski definition) is 5. The minimum Gasteiger partial charge on any atom is -0.397 e. The van der Waals surface area contributed by atoms with Crippen molar-refractivity contribution in [3.8, 4) is 0 Å². The van der Waals surface area contributed by atoms with Gasteiger partial charge in [-0.3, -0.25) is 0 Å². The smallest absolute Gasteiger partial charge is 0.238 e. The standard InChI is InChI=1S/C11H17N3O3S/c12-10-4-3-9(18(13,16)17)6-11(10)14-5-1-2-8(15)7-14/h3-4,6,8,15H,1-2,5,7,12H2,(H2,13,16,17). The second-order valence-electron chi connectivity index (χ2n) is 4.51. The van der Waals surface area contributed by atoms with E-state index in [1.807, 2.05) is 4.90 Å². The average molecular weight is 271 g/mol. The van der Waals surface area contributed by atoms with Gasteiger partial charge in [-0.25, -0.2) is 13.6 Å². The van der Waals surface area contributed by atoms with E-state index >= 15 is 0 Å². The van der Waals surface area contributed by atoms with Crippen molar-refractivity contribution in [3.63, 3.8) is 0 Å². The van der Waals surface area contributed by atoms with Crippen LogP contribution in [-0.4, -0.2) is 32.7 Å². The van der Waals surface area contributed by atoms with Gasteiger partial charge in [0, 0.05) is 13.1 Å². The van der Waals surface area contributed by atoms with Crippen molar-refractivity contribution >= 4 is 21.4 Å². The first-order valence-corrected chi connectivity index (χ1v) is 7.28. The third-order valence-electron chi connectivity index (χ3n) is 3.07. The van der Waals surface area contributed by atoms with Gasteiger partial charge >= 0.3 is 0 Å². The Kier molecular flexibility index (Phi) is 3.47. The molecule has 18 heavy (non-hydrogen) atoms. The topological polar surface area (TPSA) is 110 Å². The van der Waals surface area contributed by atoms with Crippen LogP contribution in [0.25, 0.3) is 0 Å². The van der Waals surface area contributed by atoms with Gasteiger partial charge in [0.15, 0.2) is 0 Å². The van der Waals surface area contributed by atoms with E-state index in [4.69, 9.17) is 10.9 Å². The molecule has 1 unspecified atom stereocenters. The molecule has 6 nitrogen and oxygen atoms in total. The highest BCUT2D eigenvalue weighted by atomic mass is 32.2. The summed E-state index contributed by atoms with van der Waals surface area (Å²) in [6.07, 6.45) is 1.20. The number of hydrogen-bond donors (Lipinski definition) is 3. The van der Waals surface area contributed by atoms with E-state index in [-0.39, 0.29) is 4.90 Å². The number of sulfonamides is 1. The zero-order chi connectivity index (χ0) is 13.3. The molecule has 1 aliphatic heterocycles. The number of primary sulfonamides is 1. The van der Waals surface area contributed by atoms with Gasteiger partial charge in [-0.15, -0.1) is 0 Å². The lowest BCUT2D eigenvalue weighted by molar-refractivity contribution is 0.154. The predicted octanol–water partition coefficient (Wildman–Crippen LogP) is -0.123. The number of β-amino-alcohol motifs (C(OH)–C–C–N with tert-alkyl or cyclic N) is 1. The Morgan fingerprint density at radius 2 is 2.11 bits per heavy atom. The number of piperidine rings is 1. The van der Waals surface area contributed by atoms with E-state index in [9.17, 15) is 13.5 Å². The first-order chi connectivity index (χ1) is 8.38. The van der Waals surface area contributed by atoms with Crippen LogP contribution in [0.2, 0.25) is 0 Å². The summed E-state index contributed by atoms with van der Waals surface area (Å²) >= 11 is 0. The maximum Gasteiger partial charge on any atom is 0.238 e. The molecule has 1 saturated heterocycles. The third-order valence-corrected chi connectivity index (χ3v) is 3.98. The van der Waals surface area contributed by atoms with Gasteiger partial charge in [0.25, 0.3) is 0 Å². The molecule has 0 amide bonds. The lowest BCUT2D eigenvalue weighted by Gasteiger charge is -2.32. The van der Waals surface area contributed by atoms with Gasteiger partial charge in [-0.2, -0.15) is 0 Å². The van der Waals surface area contributed by atoms with Crippen LogP contribution in [0.4, 0.5) is 11.4 Å². The maximum absolute atomic E-state index is 11.3. The molecule has 0 spiro atoms. The second kappa shape index (κ2) is 4.75. The van der Waals surface area contributed by atoms with Crippen molar-refractivity contribution in [2.75, 3.05) is 23.7 Å². The van der Waals surface area contributed by atoms with Crippen LogP contribution in [0.3, 0.4) is 0 Å². The molecule has 1 aromatic rings. The van der Waals surface area contributed by atoms with Crippen molar-refractivity contribution in [1.29, 1.82) is 0 Å². The highest BCUT2D eigenvalue weighted by molar-refractivity contribution is 7.89. The van der Waals surface area contributed by atoms with Crippen LogP contribution in [0.1, 0.15) is 12.8 Å². The molecule has 1 aliphatic rings. The third kappa shape index (κ3) is 2.74. The first-order valence-electron chi connectivity index (χ1n) is 5.73. The molecule has 2 rings (SSSR count). The fraction of sp³-hybridized carbons (Fsp3) is 0.455. The highest BCUT2D eigenvalue weighted by Gasteiger charge is 2.21. The van der Waals surface area contributed by atoms with E-state index in [1.165, 1.54) is 18.2 Å². The molecule has 1 heterocycles. The normalized spacial score (nSPS) is 21.0. The molecule has 0 radical (unpaired) electrons. The molecule has 100 valence electrons. The van der Waals surface area contributed by atoms with Gasteiger partial charge in [-0.1, -0.05) is 0 Å². The Hall–Kier alpha value is -1.31. The molecule has 1 atom stereocenters. The van der Waals surface area contributed by atoms with Gasteiger partial charge in [-0.05, 0) is 31.0 Å². The SMILES string of the molecule is Nc1ccc(S(N)(=O)=O)cc1N1CCCC(O)C1. The van der Waals surface area contributed by atoms with Crippen LogP contribution in [0.5, 0.6) is 0 Å². The van der Waals surface area contributed by atoms with Crippen LogP contribution in [0.15, 0.2) is 23.1 Å². The van der Waals surface area contributed by atoms with Crippen molar-refractivity contribution in [2.24, 2.45) is 5.14 Å². The lowest BCUT2D eigenvalue weighted by Crippen LogP contribution is -2.38. The fourth-order valence-corrected chi connectivity index (χ4v) is 2.68. The second-order valence-corrected chi connectivity index (χ2v) is 6.07. The number of nitrogens with zero attached hydrogens (tertiary/aromatic N) is 1. The summed E-state index contributed by atoms with van der Waals surface area (Å²) in [5.41, 5.74) is 6.94. The average Bonchev–Trinajstić information content (AvgIpc) is 2.28. The highest BCUT2D eigenvalue weighted by Crippen LogP contribution is 2.28. The molecule has 0 aromatic heterocycles. The number of nitrogen functional groups attached to an aromatic ring is 1. The quantitative estimate of drug-likeness (QED) is 0.649. The van der Waals surface area contributed by atoms with Gasteiger partial charge < -0.3 is 15.7 Å². The number of rotatable bonds is 2. The molecule has 5 N–H and O–H groups in total. The number of aliphatic hydroxyl groups is 1. The first kappa shape index (κ1) is 13.1. The summed E-state index contributed by atoms with van der Waals surface area (Å²) in [7, 11) is -3.74. The van der Waals surface area contributed by atoms with Crippen LogP contribution < -0.4 is 15.8 Å². The zero-order valence-electron chi connectivity index (χ0n) is 9.91. The Labute approximate surface area is 106 Å². The molecule has 0 saturated carbocycles. The van der Waals surface area contributed by atoms with Crippen molar-refractivity contribution in [1.82, 2.24) is 0 Å². The largest absolute Gasteiger partial charge is 0.397 e. The molecule has 7 heteroatoms. The van der Waals surface area contributed by atoms with Crippen LogP contribution >= 0.6 is 0 Å². The van der Waals surface area contributed by atoms with Crippen molar-refractivity contribution < 1.29 is 13.5 Å². The van der Waals surface area contributed by atoms with E-state index in [0.717, 1.165) is 19.4 Å². The molecular formula is C11H17N3O3S. The minimum absolute atomic E-state index is 0.0340. The van der Waals surface area contributed by atoms with E-state index in [1.54, 1.807) is 0 Å². The summed E-state index contributed by atoms with van der Waals surface area (Å²) in [6, 6.07) is 4.37. The van der Waals surface area contributed by atoms with E-state index < -0.39 is 16.1 Å². The predicted molar refractivity (Wildman–Crippen MR) is 69.7 cm³/mol. The fourth-order valence-electron chi connectivity index (χ4n) is 2.15. The van der Waals surface area contributed by atoms with Gasteiger partial charge in [0.2, 0.25) is 10.0 Å². The zero-order valence-corrected chi connectivity index (χ0v) is 10.7. The van der Waals surface area contributed by atoms with Crippen LogP contribution in [-0.2, 0) is 10.0 Å². The van der Waals surface area contributed by atoms with E-state index in [2.05, 4.69) is 0 Å². The number of anilines is 2. The van der Waals surface area contributed by atoms with E-state index in [0.29, 0.717) is 17.9 Å². The van der Waals surface area contributed by atoms with Gasteiger partial charge in [0.05, 0.1) is 22.4 Å². The minimum atomic E-state index is -3.74. The molecule has 0 bridgehead atoms. The summed E-state index contributed by atoms with van der Waals surface area (Å²) < 4.78 is 22.6. The number of aliphatic hydroxyl groups excluding tert-OH is 1. The summed E-state index contributed by atoms with van der Waals surface area (Å²) in [4.78, 5) is 1.92. The summed E-state index contributed by atoms with van der Waals surface area (Å²) in [5, 5.41) is 14.7. The number of nitrogens with two attached hydrogens (primary N) is 2. The Morgan fingerprint density at radius 1 is 1.39 bits per heavy atom. The lowest BCUT2D eigenvalue weighted by atomic mass is 10.1. The molecule has 0 aliphatic carbocycles. The van der Waals surface area contributed by atoms with Crippen molar-refractivity contribution in [2.45, 2.75) is 23.8 Å².